The van der Waals surface area contributed by atoms with Crippen LogP contribution < -0.4 is 4.90 Å². The molecule has 148 valence electrons. The van der Waals surface area contributed by atoms with E-state index in [0.29, 0.717) is 11.4 Å². The first-order chi connectivity index (χ1) is 14.7. The summed E-state index contributed by atoms with van der Waals surface area (Å²) in [7, 11) is 1.95. The third-order valence-corrected chi connectivity index (χ3v) is 5.32. The van der Waals surface area contributed by atoms with E-state index in [1.165, 1.54) is 11.3 Å². The second kappa shape index (κ2) is 8.67. The molecule has 3 aromatic carbocycles. The van der Waals surface area contributed by atoms with Crippen LogP contribution in [-0.4, -0.2) is 16.1 Å². The van der Waals surface area contributed by atoms with Gasteiger partial charge in [-0.1, -0.05) is 54.6 Å². The monoisotopic (exact) mass is 392 g/mol. The first-order valence-corrected chi connectivity index (χ1v) is 10.1. The van der Waals surface area contributed by atoms with Gasteiger partial charge in [0.15, 0.2) is 5.82 Å². The summed E-state index contributed by atoms with van der Waals surface area (Å²) in [6, 6.07) is 29.1. The summed E-state index contributed by atoms with van der Waals surface area (Å²) < 4.78 is 1.97. The molecule has 0 aliphatic carbocycles. The predicted octanol–water partition coefficient (Wildman–Crippen LogP) is 5.66. The third kappa shape index (κ3) is 3.97. The van der Waals surface area contributed by atoms with E-state index in [9.17, 15) is 5.26 Å². The van der Waals surface area contributed by atoms with Gasteiger partial charge in [0, 0.05) is 25.8 Å². The molecule has 0 aliphatic rings. The van der Waals surface area contributed by atoms with E-state index >= 15 is 0 Å². The second-order valence-corrected chi connectivity index (χ2v) is 7.24. The van der Waals surface area contributed by atoms with Crippen LogP contribution in [0.15, 0.2) is 78.9 Å². The van der Waals surface area contributed by atoms with Gasteiger partial charge in [-0.2, -0.15) is 5.26 Å². The highest BCUT2D eigenvalue weighted by Crippen LogP contribution is 2.24. The van der Waals surface area contributed by atoms with Gasteiger partial charge < -0.3 is 9.47 Å². The molecule has 4 aromatic rings. The molecule has 0 spiro atoms. The van der Waals surface area contributed by atoms with Crippen molar-refractivity contribution in [3.05, 3.63) is 95.8 Å². The van der Waals surface area contributed by atoms with E-state index < -0.39 is 0 Å². The Bertz CT molecular complexity index is 1210. The summed E-state index contributed by atoms with van der Waals surface area (Å²) in [5, 5.41) is 9.76. The molecule has 4 heteroatoms. The molecule has 4 nitrogen and oxygen atoms in total. The average Bonchev–Trinajstić information content (AvgIpc) is 3.13. The number of anilines is 1. The molecule has 0 unspecified atom stereocenters. The zero-order valence-electron chi connectivity index (χ0n) is 17.3. The Morgan fingerprint density at radius 2 is 1.70 bits per heavy atom. The van der Waals surface area contributed by atoms with Crippen LogP contribution in [0.25, 0.3) is 22.7 Å². The van der Waals surface area contributed by atoms with Crippen molar-refractivity contribution < 1.29 is 0 Å². The molecule has 1 heterocycles. The van der Waals surface area contributed by atoms with Gasteiger partial charge in [-0.05, 0) is 48.4 Å². The molecule has 30 heavy (non-hydrogen) atoms. The van der Waals surface area contributed by atoms with Crippen molar-refractivity contribution in [2.45, 2.75) is 13.5 Å². The predicted molar refractivity (Wildman–Crippen MR) is 124 cm³/mol. The number of nitrogens with zero attached hydrogens (tertiary/aromatic N) is 4. The molecule has 0 N–H and O–H groups in total. The molecule has 0 atom stereocenters. The summed E-state index contributed by atoms with van der Waals surface area (Å²) in [6.45, 7) is 3.96. The van der Waals surface area contributed by atoms with E-state index in [1.807, 2.05) is 48.0 Å². The molecule has 0 amide bonds. The lowest BCUT2D eigenvalue weighted by atomic mass is 10.1. The number of allylic oxidation sites excluding steroid dienone is 1. The van der Waals surface area contributed by atoms with E-state index in [4.69, 9.17) is 0 Å². The van der Waals surface area contributed by atoms with Gasteiger partial charge in [-0.15, -0.1) is 0 Å². The number of aromatic nitrogens is 2. The lowest BCUT2D eigenvalue weighted by molar-refractivity contribution is 0.832. The van der Waals surface area contributed by atoms with Gasteiger partial charge in [0.25, 0.3) is 0 Å². The van der Waals surface area contributed by atoms with Crippen LogP contribution in [0.1, 0.15) is 23.9 Å². The minimum absolute atomic E-state index is 0.554. The van der Waals surface area contributed by atoms with Crippen molar-refractivity contribution >= 4 is 28.4 Å². The fourth-order valence-corrected chi connectivity index (χ4v) is 3.67. The summed E-state index contributed by atoms with van der Waals surface area (Å²) in [6.07, 6.45) is 1.90. The fraction of sp³-hybridized carbons (Fsp3) is 0.154. The molecule has 0 aliphatic heterocycles. The number of benzene rings is 3. The second-order valence-electron chi connectivity index (χ2n) is 7.24. The Hall–Kier alpha value is -3.84. The van der Waals surface area contributed by atoms with Gasteiger partial charge in [0.2, 0.25) is 0 Å². The lowest BCUT2D eigenvalue weighted by Gasteiger charge is -2.23. The summed E-state index contributed by atoms with van der Waals surface area (Å²) in [5.41, 5.74) is 5.90. The molecule has 0 saturated carbocycles. The molecule has 0 fully saturated rings. The summed E-state index contributed by atoms with van der Waals surface area (Å²) in [5.74, 6) is 0.682. The number of nitriles is 1. The van der Waals surface area contributed by atoms with Crippen LogP contribution in [0.4, 0.5) is 5.69 Å². The van der Waals surface area contributed by atoms with Crippen molar-refractivity contribution in [2.24, 2.45) is 7.05 Å². The minimum atomic E-state index is 0.554. The standard InChI is InChI=1S/C26H24N4/c1-3-30(19-21-9-5-4-6-10-21)23-15-13-20(14-16-23)17-22(18-27)26-28-24-11-7-8-12-25(24)29(26)2/h4-17H,3,19H2,1-2H3/b22-17+. The Kier molecular flexibility index (Phi) is 5.63. The highest BCUT2D eigenvalue weighted by Gasteiger charge is 2.12. The molecular formula is C26H24N4. The van der Waals surface area contributed by atoms with Gasteiger partial charge in [0.1, 0.15) is 6.07 Å². The number of aryl methyl sites for hydroxylation is 1. The molecule has 1 aromatic heterocycles. The number of para-hydroxylation sites is 2. The zero-order chi connectivity index (χ0) is 20.9. The SMILES string of the molecule is CCN(Cc1ccccc1)c1ccc(/C=C(\C#N)c2nc3ccccc3n2C)cc1. The Labute approximate surface area is 177 Å². The van der Waals surface area contributed by atoms with Crippen molar-refractivity contribution in [1.82, 2.24) is 9.55 Å². The van der Waals surface area contributed by atoms with Gasteiger partial charge in [-0.3, -0.25) is 0 Å². The van der Waals surface area contributed by atoms with Crippen LogP contribution in [0.3, 0.4) is 0 Å². The number of imidazole rings is 1. The molecule has 0 radical (unpaired) electrons. The van der Waals surface area contributed by atoms with Crippen LogP contribution in [-0.2, 0) is 13.6 Å². The van der Waals surface area contributed by atoms with Crippen LogP contribution in [0.2, 0.25) is 0 Å². The normalized spacial score (nSPS) is 11.4. The van der Waals surface area contributed by atoms with Crippen molar-refractivity contribution in [2.75, 3.05) is 11.4 Å². The van der Waals surface area contributed by atoms with Crippen LogP contribution in [0, 0.1) is 11.3 Å². The first kappa shape index (κ1) is 19.5. The van der Waals surface area contributed by atoms with Crippen molar-refractivity contribution in [3.8, 4) is 6.07 Å². The number of fused-ring (bicyclic) bond motifs is 1. The number of hydrogen-bond acceptors (Lipinski definition) is 3. The maximum atomic E-state index is 9.76. The Balaban J connectivity index is 1.60. The maximum Gasteiger partial charge on any atom is 0.151 e. The Morgan fingerprint density at radius 1 is 1.00 bits per heavy atom. The first-order valence-electron chi connectivity index (χ1n) is 10.1. The number of hydrogen-bond donors (Lipinski definition) is 0. The van der Waals surface area contributed by atoms with Gasteiger partial charge in [0.05, 0.1) is 16.6 Å². The molecule has 0 saturated heterocycles. The summed E-state index contributed by atoms with van der Waals surface area (Å²) >= 11 is 0. The number of rotatable bonds is 6. The van der Waals surface area contributed by atoms with E-state index in [-0.39, 0.29) is 0 Å². The van der Waals surface area contributed by atoms with E-state index in [1.54, 1.807) is 0 Å². The quantitative estimate of drug-likeness (QED) is 0.398. The minimum Gasteiger partial charge on any atom is -0.367 e. The molecule has 4 rings (SSSR count). The Morgan fingerprint density at radius 3 is 2.37 bits per heavy atom. The van der Waals surface area contributed by atoms with Gasteiger partial charge in [-0.25, -0.2) is 4.98 Å². The third-order valence-electron chi connectivity index (χ3n) is 5.32. The maximum absolute atomic E-state index is 9.76. The largest absolute Gasteiger partial charge is 0.367 e. The topological polar surface area (TPSA) is 44.9 Å². The van der Waals surface area contributed by atoms with Crippen LogP contribution >= 0.6 is 0 Å². The zero-order valence-corrected chi connectivity index (χ0v) is 17.3. The smallest absolute Gasteiger partial charge is 0.151 e. The molecule has 0 bridgehead atoms. The fourth-order valence-electron chi connectivity index (χ4n) is 3.67. The lowest BCUT2D eigenvalue weighted by Crippen LogP contribution is -2.21. The van der Waals surface area contributed by atoms with Gasteiger partial charge >= 0.3 is 0 Å². The summed E-state index contributed by atoms with van der Waals surface area (Å²) in [4.78, 5) is 6.98. The van der Waals surface area contributed by atoms with E-state index in [2.05, 4.69) is 71.4 Å². The van der Waals surface area contributed by atoms with E-state index in [0.717, 1.165) is 29.7 Å². The highest BCUT2D eigenvalue weighted by atomic mass is 15.1. The average molecular weight is 393 g/mol. The van der Waals surface area contributed by atoms with Crippen molar-refractivity contribution in [1.29, 1.82) is 5.26 Å². The highest BCUT2D eigenvalue weighted by molar-refractivity contribution is 5.91. The van der Waals surface area contributed by atoms with Crippen LogP contribution in [0.5, 0.6) is 0 Å². The van der Waals surface area contributed by atoms with Crippen molar-refractivity contribution in [3.63, 3.8) is 0 Å². The molecular weight excluding hydrogens is 368 g/mol.